The van der Waals surface area contributed by atoms with Crippen molar-refractivity contribution in [1.29, 1.82) is 0 Å². The molecule has 2 heteroatoms. The van der Waals surface area contributed by atoms with Gasteiger partial charge in [-0.15, -0.1) is 0 Å². The maximum absolute atomic E-state index is 11.6. The maximum atomic E-state index is 11.6. The molecule has 7 heavy (non-hydrogen) atoms. The molecule has 0 aliphatic heterocycles. The van der Waals surface area contributed by atoms with E-state index in [0.29, 0.717) is 6.42 Å². The monoisotopic (exact) mass is 106 g/mol. The third-order valence-corrected chi connectivity index (χ3v) is 0.607. The fourth-order valence-corrected chi connectivity index (χ4v) is 0.293. The SMILES string of the molecule is CCC/C(F)=C\F. The van der Waals surface area contributed by atoms with Crippen molar-refractivity contribution in [1.82, 2.24) is 0 Å². The van der Waals surface area contributed by atoms with Crippen LogP contribution in [0.25, 0.3) is 0 Å². The van der Waals surface area contributed by atoms with Gasteiger partial charge in [0.2, 0.25) is 0 Å². The summed E-state index contributed by atoms with van der Waals surface area (Å²) in [5.74, 6) is -0.664. The van der Waals surface area contributed by atoms with E-state index in [4.69, 9.17) is 0 Å². The topological polar surface area (TPSA) is 0 Å². The third kappa shape index (κ3) is 3.43. The van der Waals surface area contributed by atoms with Gasteiger partial charge in [-0.05, 0) is 6.42 Å². The zero-order valence-corrected chi connectivity index (χ0v) is 4.25. The van der Waals surface area contributed by atoms with Crippen molar-refractivity contribution in [3.05, 3.63) is 12.2 Å². The molecule has 0 rings (SSSR count). The molecular weight excluding hydrogens is 98.1 g/mol. The Morgan fingerprint density at radius 1 is 1.71 bits per heavy atom. The molecule has 0 heterocycles. The lowest BCUT2D eigenvalue weighted by Gasteiger charge is -1.84. The van der Waals surface area contributed by atoms with Gasteiger partial charge in [0, 0.05) is 6.42 Å². The van der Waals surface area contributed by atoms with Crippen LogP contribution in [-0.2, 0) is 0 Å². The Balaban J connectivity index is 3.17. The predicted molar refractivity (Wildman–Crippen MR) is 25.2 cm³/mol. The van der Waals surface area contributed by atoms with Crippen molar-refractivity contribution in [2.24, 2.45) is 0 Å². The molecule has 0 fully saturated rings. The van der Waals surface area contributed by atoms with Crippen LogP contribution in [0, 0.1) is 0 Å². The van der Waals surface area contributed by atoms with Crippen molar-refractivity contribution in [2.45, 2.75) is 19.8 Å². The van der Waals surface area contributed by atoms with Gasteiger partial charge in [0.05, 0.1) is 0 Å². The van der Waals surface area contributed by atoms with E-state index in [1.807, 2.05) is 0 Å². The molecule has 0 aromatic heterocycles. The first-order chi connectivity index (χ1) is 3.31. The second-order valence-electron chi connectivity index (χ2n) is 1.31. The average Bonchev–Trinajstić information content (AvgIpc) is 1.68. The molecule has 0 saturated carbocycles. The van der Waals surface area contributed by atoms with Crippen molar-refractivity contribution in [2.75, 3.05) is 0 Å². The quantitative estimate of drug-likeness (QED) is 0.507. The van der Waals surface area contributed by atoms with E-state index in [1.165, 1.54) is 0 Å². The summed E-state index contributed by atoms with van der Waals surface area (Å²) in [6.07, 6.45) is 0.881. The fraction of sp³-hybridized carbons (Fsp3) is 0.600. The minimum absolute atomic E-state index is 0.00347. The second kappa shape index (κ2) is 3.78. The number of hydrogen-bond donors (Lipinski definition) is 0. The van der Waals surface area contributed by atoms with E-state index in [1.54, 1.807) is 6.92 Å². The zero-order chi connectivity index (χ0) is 5.70. The molecule has 0 aliphatic carbocycles. The Bertz CT molecular complexity index is 66.5. The molecule has 0 radical (unpaired) electrons. The van der Waals surface area contributed by atoms with Gasteiger partial charge in [0.15, 0.2) is 0 Å². The summed E-state index contributed by atoms with van der Waals surface area (Å²) in [4.78, 5) is 0. The molecule has 0 aliphatic rings. The van der Waals surface area contributed by atoms with Crippen LogP contribution in [0.2, 0.25) is 0 Å². The van der Waals surface area contributed by atoms with E-state index in [-0.39, 0.29) is 12.8 Å². The fourth-order valence-electron chi connectivity index (χ4n) is 0.293. The summed E-state index contributed by atoms with van der Waals surface area (Å²) in [5.41, 5.74) is 0. The number of halogens is 2. The molecule has 0 bridgehead atoms. The van der Waals surface area contributed by atoms with Gasteiger partial charge in [-0.1, -0.05) is 6.92 Å². The number of allylic oxidation sites excluding steroid dienone is 1. The lowest BCUT2D eigenvalue weighted by molar-refractivity contribution is 0.543. The first kappa shape index (κ1) is 6.60. The highest BCUT2D eigenvalue weighted by Gasteiger charge is 1.87. The lowest BCUT2D eigenvalue weighted by Crippen LogP contribution is -1.67. The van der Waals surface area contributed by atoms with Crippen molar-refractivity contribution in [3.63, 3.8) is 0 Å². The molecular formula is C5H8F2. The van der Waals surface area contributed by atoms with Crippen LogP contribution >= 0.6 is 0 Å². The van der Waals surface area contributed by atoms with Gasteiger partial charge in [-0.2, -0.15) is 0 Å². The highest BCUT2D eigenvalue weighted by atomic mass is 19.2. The second-order valence-corrected chi connectivity index (χ2v) is 1.31. The van der Waals surface area contributed by atoms with Crippen LogP contribution in [-0.4, -0.2) is 0 Å². The number of rotatable bonds is 2. The Hall–Kier alpha value is -0.400. The van der Waals surface area contributed by atoms with Gasteiger partial charge in [0.25, 0.3) is 0 Å². The Morgan fingerprint density at radius 2 is 2.29 bits per heavy atom. The van der Waals surface area contributed by atoms with Gasteiger partial charge in [0.1, 0.15) is 12.2 Å². The highest BCUT2D eigenvalue weighted by molar-refractivity contribution is 4.82. The minimum atomic E-state index is -0.664. The van der Waals surface area contributed by atoms with Crippen LogP contribution in [0.15, 0.2) is 12.2 Å². The predicted octanol–water partition coefficient (Wildman–Crippen LogP) is 2.57. The van der Waals surface area contributed by atoms with E-state index in [0.717, 1.165) is 0 Å². The molecule has 42 valence electrons. The summed E-state index contributed by atoms with van der Waals surface area (Å²) in [6, 6.07) is 0. The Labute approximate surface area is 41.8 Å². The van der Waals surface area contributed by atoms with Crippen molar-refractivity contribution < 1.29 is 8.78 Å². The molecule has 0 saturated heterocycles. The molecule has 0 spiro atoms. The molecule has 0 nitrogen and oxygen atoms in total. The normalized spacial score (nSPS) is 12.1. The van der Waals surface area contributed by atoms with Crippen molar-refractivity contribution >= 4 is 0 Å². The molecule has 0 aromatic rings. The first-order valence-corrected chi connectivity index (χ1v) is 2.26. The van der Waals surface area contributed by atoms with Crippen LogP contribution in [0.4, 0.5) is 8.78 Å². The summed E-state index contributed by atoms with van der Waals surface area (Å²) in [7, 11) is 0. The van der Waals surface area contributed by atoms with Gasteiger partial charge >= 0.3 is 0 Å². The molecule has 0 amide bonds. The molecule has 0 aromatic carbocycles. The summed E-state index contributed by atoms with van der Waals surface area (Å²) in [6.45, 7) is 1.79. The smallest absolute Gasteiger partial charge is 0.128 e. The molecule has 0 unspecified atom stereocenters. The summed E-state index contributed by atoms with van der Waals surface area (Å²) < 4.78 is 22.7. The first-order valence-electron chi connectivity index (χ1n) is 2.26. The Kier molecular flexibility index (Phi) is 3.56. The standard InChI is InChI=1S/C5H8F2/c1-2-3-5(7)4-6/h4H,2-3H2,1H3/b5-4+. The van der Waals surface area contributed by atoms with Gasteiger partial charge in [-0.3, -0.25) is 0 Å². The van der Waals surface area contributed by atoms with Crippen LogP contribution in [0.3, 0.4) is 0 Å². The van der Waals surface area contributed by atoms with Gasteiger partial charge in [-0.25, -0.2) is 8.78 Å². The average molecular weight is 106 g/mol. The van der Waals surface area contributed by atoms with Gasteiger partial charge < -0.3 is 0 Å². The Morgan fingerprint density at radius 3 is 2.43 bits per heavy atom. The third-order valence-electron chi connectivity index (χ3n) is 0.607. The van der Waals surface area contributed by atoms with Crippen LogP contribution < -0.4 is 0 Å². The van der Waals surface area contributed by atoms with E-state index >= 15 is 0 Å². The highest BCUT2D eigenvalue weighted by Crippen LogP contribution is 2.04. The lowest BCUT2D eigenvalue weighted by atomic mass is 10.3. The van der Waals surface area contributed by atoms with E-state index in [2.05, 4.69) is 0 Å². The maximum Gasteiger partial charge on any atom is 0.128 e. The largest absolute Gasteiger partial charge is 0.213 e. The number of hydrogen-bond acceptors (Lipinski definition) is 0. The van der Waals surface area contributed by atoms with Crippen molar-refractivity contribution in [3.8, 4) is 0 Å². The zero-order valence-electron chi connectivity index (χ0n) is 4.25. The molecule has 0 N–H and O–H groups in total. The van der Waals surface area contributed by atoms with E-state index < -0.39 is 5.83 Å². The van der Waals surface area contributed by atoms with Crippen LogP contribution in [0.1, 0.15) is 19.8 Å². The summed E-state index contributed by atoms with van der Waals surface area (Å²) in [5, 5.41) is 0. The summed E-state index contributed by atoms with van der Waals surface area (Å²) >= 11 is 0. The van der Waals surface area contributed by atoms with E-state index in [9.17, 15) is 8.78 Å². The van der Waals surface area contributed by atoms with Crippen LogP contribution in [0.5, 0.6) is 0 Å². The minimum Gasteiger partial charge on any atom is -0.213 e. The molecule has 0 atom stereocenters.